The molecule has 0 N–H and O–H groups in total. The minimum absolute atomic E-state index is 0.0300. The maximum atomic E-state index is 12.8. The zero-order chi connectivity index (χ0) is 18.0. The van der Waals surface area contributed by atoms with E-state index < -0.39 is 0 Å². The van der Waals surface area contributed by atoms with Crippen molar-refractivity contribution in [2.24, 2.45) is 13.0 Å². The molecule has 0 aliphatic heterocycles. The van der Waals surface area contributed by atoms with Crippen molar-refractivity contribution in [3.05, 3.63) is 29.2 Å². The van der Waals surface area contributed by atoms with Gasteiger partial charge in [0.2, 0.25) is 11.8 Å². The highest BCUT2D eigenvalue weighted by Gasteiger charge is 2.29. The molecule has 0 saturated carbocycles. The molecule has 0 fully saturated rings. The number of fused-ring (bicyclic) bond motifs is 1. The molecule has 1 amide bonds. The number of carbonyl (C=O) groups excluding carboxylic acids is 1. The molecule has 25 heavy (non-hydrogen) atoms. The van der Waals surface area contributed by atoms with Gasteiger partial charge in [-0.1, -0.05) is 5.16 Å². The number of amides is 1. The zero-order valence-corrected chi connectivity index (χ0v) is 15.2. The van der Waals surface area contributed by atoms with Gasteiger partial charge in [0.25, 0.3) is 0 Å². The Balaban J connectivity index is 1.61. The fraction of sp³-hybridized carbons (Fsp3) is 0.647. The van der Waals surface area contributed by atoms with Crippen molar-refractivity contribution < 1.29 is 14.1 Å². The van der Waals surface area contributed by atoms with Gasteiger partial charge in [0.15, 0.2) is 5.82 Å². The number of hydrogen-bond acceptors (Lipinski definition) is 6. The van der Waals surface area contributed by atoms with Crippen LogP contribution in [-0.4, -0.2) is 44.4 Å². The summed E-state index contributed by atoms with van der Waals surface area (Å²) in [5.41, 5.74) is 2.41. The van der Waals surface area contributed by atoms with Crippen LogP contribution in [-0.2, 0) is 36.0 Å². The van der Waals surface area contributed by atoms with Crippen molar-refractivity contribution in [3.63, 3.8) is 0 Å². The fourth-order valence-corrected chi connectivity index (χ4v) is 3.27. The lowest BCUT2D eigenvalue weighted by Crippen LogP contribution is -2.35. The highest BCUT2D eigenvalue weighted by Crippen LogP contribution is 2.26. The van der Waals surface area contributed by atoms with E-state index in [9.17, 15) is 4.79 Å². The largest absolute Gasteiger partial charge is 0.371 e. The van der Waals surface area contributed by atoms with Gasteiger partial charge in [-0.3, -0.25) is 9.48 Å². The Morgan fingerprint density at radius 2 is 2.36 bits per heavy atom. The Hall–Kier alpha value is -2.22. The Labute approximate surface area is 147 Å². The second-order valence-electron chi connectivity index (χ2n) is 6.52. The van der Waals surface area contributed by atoms with E-state index in [1.807, 2.05) is 31.8 Å². The van der Waals surface area contributed by atoms with Gasteiger partial charge in [-0.2, -0.15) is 10.1 Å². The summed E-state index contributed by atoms with van der Waals surface area (Å²) >= 11 is 0. The molecule has 8 heteroatoms. The molecule has 2 unspecified atom stereocenters. The van der Waals surface area contributed by atoms with Gasteiger partial charge in [0.05, 0.1) is 12.7 Å². The SMILES string of the molecule is CCOC(C)c1noc(CN(C)C(=O)C2CCc3cnn(C)c3C2)n1. The quantitative estimate of drug-likeness (QED) is 0.790. The Morgan fingerprint density at radius 1 is 1.56 bits per heavy atom. The van der Waals surface area contributed by atoms with Gasteiger partial charge in [-0.15, -0.1) is 0 Å². The molecule has 3 rings (SSSR count). The van der Waals surface area contributed by atoms with Crippen LogP contribution < -0.4 is 0 Å². The van der Waals surface area contributed by atoms with Crippen molar-refractivity contribution in [2.45, 2.75) is 45.8 Å². The molecule has 2 aromatic rings. The summed E-state index contributed by atoms with van der Waals surface area (Å²) < 4.78 is 12.6. The molecule has 1 aliphatic carbocycles. The molecule has 0 radical (unpaired) electrons. The fourth-order valence-electron chi connectivity index (χ4n) is 3.27. The van der Waals surface area contributed by atoms with Crippen molar-refractivity contribution >= 4 is 5.91 Å². The monoisotopic (exact) mass is 347 g/mol. The first-order valence-corrected chi connectivity index (χ1v) is 8.68. The van der Waals surface area contributed by atoms with Gasteiger partial charge < -0.3 is 14.2 Å². The lowest BCUT2D eigenvalue weighted by Gasteiger charge is -2.26. The van der Waals surface area contributed by atoms with Gasteiger partial charge in [0, 0.05) is 38.7 Å². The molecular weight excluding hydrogens is 322 g/mol. The Bertz CT molecular complexity index is 738. The van der Waals surface area contributed by atoms with E-state index in [-0.39, 0.29) is 17.9 Å². The molecular formula is C17H25N5O3. The molecule has 0 aromatic carbocycles. The van der Waals surface area contributed by atoms with Crippen LogP contribution >= 0.6 is 0 Å². The van der Waals surface area contributed by atoms with Gasteiger partial charge in [-0.05, 0) is 32.3 Å². The molecule has 0 bridgehead atoms. The van der Waals surface area contributed by atoms with Gasteiger partial charge >= 0.3 is 0 Å². The summed E-state index contributed by atoms with van der Waals surface area (Å²) in [7, 11) is 3.70. The first kappa shape index (κ1) is 17.6. The summed E-state index contributed by atoms with van der Waals surface area (Å²) in [4.78, 5) is 18.8. The minimum Gasteiger partial charge on any atom is -0.371 e. The highest BCUT2D eigenvalue weighted by atomic mass is 16.5. The first-order valence-electron chi connectivity index (χ1n) is 8.68. The number of rotatable bonds is 6. The third-order valence-corrected chi connectivity index (χ3v) is 4.71. The van der Waals surface area contributed by atoms with Crippen LogP contribution in [0.15, 0.2) is 10.7 Å². The maximum absolute atomic E-state index is 12.8. The standard InChI is InChI=1S/C17H25N5O3/c1-5-24-11(2)16-19-15(25-20-16)10-21(3)17(23)12-6-7-13-9-18-22(4)14(13)8-12/h9,11-12H,5-8,10H2,1-4H3. The summed E-state index contributed by atoms with van der Waals surface area (Å²) in [5, 5.41) is 8.22. The summed E-state index contributed by atoms with van der Waals surface area (Å²) in [5.74, 6) is 1.01. The van der Waals surface area contributed by atoms with Crippen LogP contribution in [0.5, 0.6) is 0 Å². The highest BCUT2D eigenvalue weighted by molar-refractivity contribution is 5.79. The number of aryl methyl sites for hydroxylation is 2. The number of hydrogen-bond donors (Lipinski definition) is 0. The van der Waals surface area contributed by atoms with Crippen molar-refractivity contribution in [3.8, 4) is 0 Å². The van der Waals surface area contributed by atoms with E-state index in [2.05, 4.69) is 15.2 Å². The molecule has 0 saturated heterocycles. The van der Waals surface area contributed by atoms with E-state index >= 15 is 0 Å². The average Bonchev–Trinajstić information content (AvgIpc) is 3.21. The molecule has 0 spiro atoms. The molecule has 2 aromatic heterocycles. The van der Waals surface area contributed by atoms with Crippen LogP contribution in [0.4, 0.5) is 0 Å². The van der Waals surface area contributed by atoms with Crippen molar-refractivity contribution in [2.75, 3.05) is 13.7 Å². The second-order valence-corrected chi connectivity index (χ2v) is 6.52. The molecule has 2 heterocycles. The van der Waals surface area contributed by atoms with Crippen molar-refractivity contribution in [1.29, 1.82) is 0 Å². The Kier molecular flexibility index (Phi) is 5.17. The minimum atomic E-state index is -0.217. The maximum Gasteiger partial charge on any atom is 0.246 e. The van der Waals surface area contributed by atoms with Crippen molar-refractivity contribution in [1.82, 2.24) is 24.8 Å². The number of ether oxygens (including phenoxy) is 1. The second kappa shape index (κ2) is 7.35. The van der Waals surface area contributed by atoms with E-state index in [1.165, 1.54) is 5.56 Å². The van der Waals surface area contributed by atoms with Crippen LogP contribution in [0, 0.1) is 5.92 Å². The topological polar surface area (TPSA) is 86.3 Å². The third-order valence-electron chi connectivity index (χ3n) is 4.71. The van der Waals surface area contributed by atoms with Gasteiger partial charge in [-0.25, -0.2) is 0 Å². The van der Waals surface area contributed by atoms with Crippen LogP contribution in [0.2, 0.25) is 0 Å². The van der Waals surface area contributed by atoms with E-state index in [4.69, 9.17) is 9.26 Å². The summed E-state index contributed by atoms with van der Waals surface area (Å²) in [6.07, 6.45) is 4.15. The molecule has 8 nitrogen and oxygen atoms in total. The van der Waals surface area contributed by atoms with Crippen LogP contribution in [0.25, 0.3) is 0 Å². The predicted molar refractivity (Wildman–Crippen MR) is 89.5 cm³/mol. The van der Waals surface area contributed by atoms with Gasteiger partial charge in [0.1, 0.15) is 6.10 Å². The number of aromatic nitrogens is 4. The van der Waals surface area contributed by atoms with E-state index in [0.717, 1.165) is 25.0 Å². The van der Waals surface area contributed by atoms with E-state index in [0.29, 0.717) is 24.9 Å². The number of nitrogens with zero attached hydrogens (tertiary/aromatic N) is 5. The lowest BCUT2D eigenvalue weighted by atomic mass is 9.87. The average molecular weight is 347 g/mol. The van der Waals surface area contributed by atoms with E-state index in [1.54, 1.807) is 11.9 Å². The van der Waals surface area contributed by atoms with Crippen LogP contribution in [0.3, 0.4) is 0 Å². The summed E-state index contributed by atoms with van der Waals surface area (Å²) in [6, 6.07) is 0. The molecule has 2 atom stereocenters. The summed E-state index contributed by atoms with van der Waals surface area (Å²) in [6.45, 7) is 4.68. The zero-order valence-electron chi connectivity index (χ0n) is 15.2. The Morgan fingerprint density at radius 3 is 3.12 bits per heavy atom. The predicted octanol–water partition coefficient (Wildman–Crippen LogP) is 1.66. The first-order chi connectivity index (χ1) is 12.0. The molecule has 1 aliphatic rings. The third kappa shape index (κ3) is 3.73. The lowest BCUT2D eigenvalue weighted by molar-refractivity contribution is -0.135. The molecule has 136 valence electrons. The van der Waals surface area contributed by atoms with Crippen LogP contribution in [0.1, 0.15) is 49.3 Å². The normalized spacial score (nSPS) is 18.0. The number of carbonyl (C=O) groups is 1. The smallest absolute Gasteiger partial charge is 0.246 e.